The van der Waals surface area contributed by atoms with Crippen LogP contribution >= 0.6 is 0 Å². The molecule has 1 aliphatic heterocycles. The number of ether oxygens (including phenoxy) is 1. The van der Waals surface area contributed by atoms with Gasteiger partial charge in [0.25, 0.3) is 0 Å². The maximum atomic E-state index is 11.1. The van der Waals surface area contributed by atoms with E-state index in [0.29, 0.717) is 6.61 Å². The minimum Gasteiger partial charge on any atom is -0.388 e. The summed E-state index contributed by atoms with van der Waals surface area (Å²) >= 11 is 0. The van der Waals surface area contributed by atoms with E-state index in [1.807, 2.05) is 30.3 Å². The highest BCUT2D eigenvalue weighted by atomic mass is 16.5. The predicted octanol–water partition coefficient (Wildman–Crippen LogP) is 6.52. The molecule has 1 aromatic rings. The number of unbranched alkanes of at least 4 members (excludes halogenated alkanes) is 13. The van der Waals surface area contributed by atoms with Crippen LogP contribution in [0.2, 0.25) is 0 Å². The fourth-order valence-corrected chi connectivity index (χ4v) is 5.14. The van der Waals surface area contributed by atoms with Crippen LogP contribution in [0, 0.1) is 5.92 Å². The van der Waals surface area contributed by atoms with Gasteiger partial charge in [-0.25, -0.2) is 0 Å². The lowest BCUT2D eigenvalue weighted by molar-refractivity contribution is -0.0242. The number of hydrogen-bond donors (Lipinski definition) is 3. The van der Waals surface area contributed by atoms with Crippen molar-refractivity contribution in [2.24, 2.45) is 11.7 Å². The van der Waals surface area contributed by atoms with Gasteiger partial charge in [-0.3, -0.25) is 0 Å². The van der Waals surface area contributed by atoms with E-state index >= 15 is 0 Å². The Labute approximate surface area is 204 Å². The third kappa shape index (κ3) is 11.8. The van der Waals surface area contributed by atoms with E-state index < -0.39 is 6.10 Å². The van der Waals surface area contributed by atoms with Gasteiger partial charge in [0.15, 0.2) is 0 Å². The molecule has 0 aliphatic carbocycles. The summed E-state index contributed by atoms with van der Waals surface area (Å²) in [6.45, 7) is 4.64. The second-order valence-electron chi connectivity index (χ2n) is 10.1. The molecule has 4 unspecified atom stereocenters. The van der Waals surface area contributed by atoms with Gasteiger partial charge < -0.3 is 20.9 Å². The molecule has 0 radical (unpaired) electrons. The van der Waals surface area contributed by atoms with Gasteiger partial charge in [0.1, 0.15) is 0 Å². The first-order valence-corrected chi connectivity index (χ1v) is 14.0. The van der Waals surface area contributed by atoms with Gasteiger partial charge in [-0.05, 0) is 12.0 Å². The molecule has 1 aliphatic rings. The second-order valence-corrected chi connectivity index (χ2v) is 10.1. The molecule has 0 bridgehead atoms. The lowest BCUT2D eigenvalue weighted by Crippen LogP contribution is -2.53. The monoisotopic (exact) mass is 460 g/mol. The van der Waals surface area contributed by atoms with Crippen molar-refractivity contribution in [3.05, 3.63) is 35.9 Å². The van der Waals surface area contributed by atoms with Crippen molar-refractivity contribution in [2.75, 3.05) is 19.7 Å². The molecule has 0 aromatic heterocycles. The molecule has 2 rings (SSSR count). The first-order valence-electron chi connectivity index (χ1n) is 14.0. The molecule has 1 heterocycles. The summed E-state index contributed by atoms with van der Waals surface area (Å²) in [7, 11) is 0. The molecule has 4 atom stereocenters. The molecular weight excluding hydrogens is 408 g/mol. The highest BCUT2D eigenvalue weighted by molar-refractivity contribution is 5.18. The van der Waals surface area contributed by atoms with Crippen molar-refractivity contribution in [1.29, 1.82) is 0 Å². The molecule has 1 aromatic carbocycles. The molecule has 0 saturated carbocycles. The number of nitrogens with one attached hydrogen (secondary N) is 1. The van der Waals surface area contributed by atoms with E-state index in [1.165, 1.54) is 83.5 Å². The van der Waals surface area contributed by atoms with Crippen LogP contribution < -0.4 is 11.1 Å². The summed E-state index contributed by atoms with van der Waals surface area (Å²) in [5, 5.41) is 14.5. The highest BCUT2D eigenvalue weighted by Gasteiger charge is 2.33. The fraction of sp³-hybridized carbons (Fsp3) is 0.793. The van der Waals surface area contributed by atoms with Crippen LogP contribution in [-0.4, -0.2) is 36.9 Å². The predicted molar refractivity (Wildman–Crippen MR) is 140 cm³/mol. The largest absolute Gasteiger partial charge is 0.388 e. The first-order chi connectivity index (χ1) is 16.2. The molecule has 0 spiro atoms. The normalized spacial score (nSPS) is 19.3. The molecule has 4 nitrogen and oxygen atoms in total. The molecule has 33 heavy (non-hydrogen) atoms. The van der Waals surface area contributed by atoms with Crippen LogP contribution in [0.4, 0.5) is 0 Å². The zero-order valence-corrected chi connectivity index (χ0v) is 21.4. The van der Waals surface area contributed by atoms with Crippen molar-refractivity contribution >= 4 is 0 Å². The number of benzene rings is 1. The lowest BCUT2D eigenvalue weighted by Gasteiger charge is -2.36. The minimum atomic E-state index is -0.534. The van der Waals surface area contributed by atoms with Crippen molar-refractivity contribution in [1.82, 2.24) is 5.32 Å². The van der Waals surface area contributed by atoms with Gasteiger partial charge >= 0.3 is 0 Å². The van der Waals surface area contributed by atoms with E-state index in [1.54, 1.807) is 0 Å². The van der Waals surface area contributed by atoms with Crippen molar-refractivity contribution in [3.63, 3.8) is 0 Å². The zero-order valence-electron chi connectivity index (χ0n) is 21.4. The average molecular weight is 461 g/mol. The maximum Gasteiger partial charge on any atom is 0.0854 e. The first kappa shape index (κ1) is 28.3. The molecule has 0 amide bonds. The molecule has 1 saturated heterocycles. The van der Waals surface area contributed by atoms with Gasteiger partial charge in [0.2, 0.25) is 0 Å². The molecule has 190 valence electrons. The molecule has 1 fully saturated rings. The lowest BCUT2D eigenvalue weighted by atomic mass is 9.82. The van der Waals surface area contributed by atoms with E-state index in [9.17, 15) is 5.11 Å². The van der Waals surface area contributed by atoms with Crippen LogP contribution in [0.3, 0.4) is 0 Å². The fourth-order valence-electron chi connectivity index (χ4n) is 5.14. The summed E-state index contributed by atoms with van der Waals surface area (Å²) in [6, 6.07) is 9.84. The Morgan fingerprint density at radius 3 is 1.94 bits per heavy atom. The van der Waals surface area contributed by atoms with Crippen LogP contribution in [0.15, 0.2) is 30.3 Å². The van der Waals surface area contributed by atoms with Crippen molar-refractivity contribution in [3.8, 4) is 0 Å². The summed E-state index contributed by atoms with van der Waals surface area (Å²) in [5.41, 5.74) is 7.63. The quantitative estimate of drug-likeness (QED) is 0.205. The second kappa shape index (κ2) is 18.4. The average Bonchev–Trinajstić information content (AvgIpc) is 2.87. The highest BCUT2D eigenvalue weighted by Crippen LogP contribution is 2.31. The van der Waals surface area contributed by atoms with Gasteiger partial charge in [-0.1, -0.05) is 127 Å². The van der Waals surface area contributed by atoms with Crippen LogP contribution in [0.25, 0.3) is 0 Å². The number of hydrogen-bond acceptors (Lipinski definition) is 4. The summed E-state index contributed by atoms with van der Waals surface area (Å²) in [5.74, 6) is 0.0228. The van der Waals surface area contributed by atoms with Crippen LogP contribution in [0.1, 0.15) is 115 Å². The molecule has 4 heteroatoms. The Kier molecular flexibility index (Phi) is 15.8. The van der Waals surface area contributed by atoms with Crippen LogP contribution in [-0.2, 0) is 4.74 Å². The maximum absolute atomic E-state index is 11.1. The van der Waals surface area contributed by atoms with E-state index in [2.05, 4.69) is 12.2 Å². The van der Waals surface area contributed by atoms with E-state index in [-0.39, 0.29) is 18.1 Å². The summed E-state index contributed by atoms with van der Waals surface area (Å²) in [6.07, 6.45) is 19.4. The summed E-state index contributed by atoms with van der Waals surface area (Å²) < 4.78 is 5.93. The van der Waals surface area contributed by atoms with Gasteiger partial charge in [0, 0.05) is 25.0 Å². The Bertz CT molecular complexity index is 562. The van der Waals surface area contributed by atoms with Gasteiger partial charge in [-0.2, -0.15) is 0 Å². The smallest absolute Gasteiger partial charge is 0.0854 e. The van der Waals surface area contributed by atoms with E-state index in [4.69, 9.17) is 10.5 Å². The third-order valence-electron chi connectivity index (χ3n) is 7.32. The number of aliphatic hydroxyl groups is 1. The topological polar surface area (TPSA) is 67.5 Å². The van der Waals surface area contributed by atoms with Crippen molar-refractivity contribution < 1.29 is 9.84 Å². The minimum absolute atomic E-state index is 0.0197. The standard InChI is InChI=1S/C29H52N2O2/c1-2-3-4-5-6-7-8-9-10-11-12-13-14-18-21-26(28(30)27-24-31-22-23-33-27)29(32)25-19-16-15-17-20-25/h15-17,19-20,26-29,31-32H,2-14,18,21-24,30H2,1H3. The Hall–Kier alpha value is -0.940. The Morgan fingerprint density at radius 1 is 0.879 bits per heavy atom. The molecular formula is C29H52N2O2. The van der Waals surface area contributed by atoms with Crippen molar-refractivity contribution in [2.45, 2.75) is 121 Å². The van der Waals surface area contributed by atoms with E-state index in [0.717, 1.165) is 31.5 Å². The van der Waals surface area contributed by atoms with Gasteiger partial charge in [0.05, 0.1) is 18.8 Å². The van der Waals surface area contributed by atoms with Gasteiger partial charge in [-0.15, -0.1) is 0 Å². The molecule has 4 N–H and O–H groups in total. The number of nitrogens with two attached hydrogens (primary N) is 1. The number of aliphatic hydroxyl groups excluding tert-OH is 1. The summed E-state index contributed by atoms with van der Waals surface area (Å²) in [4.78, 5) is 0. The Balaban J connectivity index is 1.61. The van der Waals surface area contributed by atoms with Crippen LogP contribution in [0.5, 0.6) is 0 Å². The zero-order chi connectivity index (χ0) is 23.6. The Morgan fingerprint density at radius 2 is 1.42 bits per heavy atom. The number of rotatable bonds is 19. The third-order valence-corrected chi connectivity index (χ3v) is 7.32. The SMILES string of the molecule is CCCCCCCCCCCCCCCCC(C(O)c1ccccc1)C(N)C1CNCCO1. The number of morpholine rings is 1.